The Bertz CT molecular complexity index is 674. The van der Waals surface area contributed by atoms with Gasteiger partial charge in [-0.2, -0.15) is 0 Å². The lowest BCUT2D eigenvalue weighted by molar-refractivity contribution is -0.130. The van der Waals surface area contributed by atoms with Crippen LogP contribution in [0.3, 0.4) is 0 Å². The molecule has 0 atom stereocenters. The van der Waals surface area contributed by atoms with Gasteiger partial charge < -0.3 is 10.2 Å². The van der Waals surface area contributed by atoms with Crippen LogP contribution in [0.4, 0.5) is 0 Å². The fourth-order valence-electron chi connectivity index (χ4n) is 2.19. The lowest BCUT2D eigenvalue weighted by Gasteiger charge is -2.21. The highest BCUT2D eigenvalue weighted by Crippen LogP contribution is 2.11. The third-order valence-electron chi connectivity index (χ3n) is 3.47. The topological polar surface area (TPSA) is 49.4 Å². The van der Waals surface area contributed by atoms with Crippen molar-refractivity contribution in [1.82, 2.24) is 10.2 Å². The molecule has 2 rings (SSSR count). The fourth-order valence-corrected chi connectivity index (χ4v) is 2.82. The number of nitrogens with one attached hydrogen (secondary N) is 1. The van der Waals surface area contributed by atoms with E-state index in [9.17, 15) is 9.59 Å². The largest absolute Gasteiger partial charge is 0.343 e. The van der Waals surface area contributed by atoms with Gasteiger partial charge in [-0.25, -0.2) is 0 Å². The standard InChI is InChI=1S/C18H19IN2O2/c1-2-21(13-14-8-4-3-5-9-14)17(22)12-20-18(23)15-10-6-7-11-16(15)19/h3-11H,2,12-13H2,1H3,(H,20,23). The summed E-state index contributed by atoms with van der Waals surface area (Å²) in [6.07, 6.45) is 0. The second-order valence-electron chi connectivity index (χ2n) is 5.06. The van der Waals surface area contributed by atoms with Crippen LogP contribution in [0.5, 0.6) is 0 Å². The Kier molecular flexibility index (Phi) is 6.58. The predicted molar refractivity (Wildman–Crippen MR) is 99.0 cm³/mol. The molecule has 0 aromatic heterocycles. The van der Waals surface area contributed by atoms with Crippen LogP contribution < -0.4 is 5.32 Å². The minimum atomic E-state index is -0.223. The van der Waals surface area contributed by atoms with Crippen LogP contribution in [0.2, 0.25) is 0 Å². The van der Waals surface area contributed by atoms with Gasteiger partial charge in [0.05, 0.1) is 12.1 Å². The SMILES string of the molecule is CCN(Cc1ccccc1)C(=O)CNC(=O)c1ccccc1I. The van der Waals surface area contributed by atoms with Crippen molar-refractivity contribution in [3.05, 3.63) is 69.3 Å². The van der Waals surface area contributed by atoms with Crippen LogP contribution in [0.15, 0.2) is 54.6 Å². The van der Waals surface area contributed by atoms with E-state index in [1.807, 2.05) is 55.5 Å². The quantitative estimate of drug-likeness (QED) is 0.728. The number of nitrogens with zero attached hydrogens (tertiary/aromatic N) is 1. The second kappa shape index (κ2) is 8.67. The smallest absolute Gasteiger partial charge is 0.252 e. The Morgan fingerprint density at radius 2 is 1.70 bits per heavy atom. The summed E-state index contributed by atoms with van der Waals surface area (Å²) in [7, 11) is 0. The van der Waals surface area contributed by atoms with E-state index in [0.717, 1.165) is 9.13 Å². The average Bonchev–Trinajstić information content (AvgIpc) is 2.58. The fraction of sp³-hybridized carbons (Fsp3) is 0.222. The zero-order valence-corrected chi connectivity index (χ0v) is 15.1. The van der Waals surface area contributed by atoms with Gasteiger partial charge in [0, 0.05) is 16.7 Å². The molecule has 0 aliphatic heterocycles. The molecule has 2 aromatic carbocycles. The van der Waals surface area contributed by atoms with Gasteiger partial charge in [0.2, 0.25) is 5.91 Å². The molecule has 0 spiro atoms. The number of halogens is 1. The third kappa shape index (κ3) is 5.06. The monoisotopic (exact) mass is 422 g/mol. The molecule has 0 radical (unpaired) electrons. The summed E-state index contributed by atoms with van der Waals surface area (Å²) in [5.41, 5.74) is 1.67. The maximum absolute atomic E-state index is 12.3. The minimum absolute atomic E-state index is 0.00445. The van der Waals surface area contributed by atoms with Crippen molar-refractivity contribution in [1.29, 1.82) is 0 Å². The molecule has 4 nitrogen and oxygen atoms in total. The number of rotatable bonds is 6. The van der Waals surface area contributed by atoms with E-state index in [1.165, 1.54) is 0 Å². The molecule has 2 aromatic rings. The van der Waals surface area contributed by atoms with E-state index in [4.69, 9.17) is 0 Å². The maximum atomic E-state index is 12.3. The Morgan fingerprint density at radius 3 is 2.35 bits per heavy atom. The minimum Gasteiger partial charge on any atom is -0.343 e. The first-order valence-electron chi connectivity index (χ1n) is 7.46. The molecule has 0 bridgehead atoms. The summed E-state index contributed by atoms with van der Waals surface area (Å²) in [5.74, 6) is -0.310. The van der Waals surface area contributed by atoms with Gasteiger partial charge in [0.1, 0.15) is 0 Å². The first-order chi connectivity index (χ1) is 11.1. The predicted octanol–water partition coefficient (Wildman–Crippen LogP) is 3.07. The molecule has 0 heterocycles. The van der Waals surface area contributed by atoms with E-state index in [2.05, 4.69) is 27.9 Å². The molecule has 0 saturated carbocycles. The lowest BCUT2D eigenvalue weighted by Crippen LogP contribution is -2.39. The molecule has 1 N–H and O–H groups in total. The number of hydrogen-bond acceptors (Lipinski definition) is 2. The van der Waals surface area contributed by atoms with Gasteiger partial charge in [-0.3, -0.25) is 9.59 Å². The summed E-state index contributed by atoms with van der Waals surface area (Å²) in [5, 5.41) is 2.71. The van der Waals surface area contributed by atoms with Gasteiger partial charge in [0.15, 0.2) is 0 Å². The van der Waals surface area contributed by atoms with Crippen molar-refractivity contribution < 1.29 is 9.59 Å². The Labute approximate surface area is 150 Å². The van der Waals surface area contributed by atoms with Crippen molar-refractivity contribution in [3.63, 3.8) is 0 Å². The number of hydrogen-bond donors (Lipinski definition) is 1. The van der Waals surface area contributed by atoms with Crippen LogP contribution in [-0.4, -0.2) is 29.8 Å². The van der Waals surface area contributed by atoms with Crippen molar-refractivity contribution in [2.24, 2.45) is 0 Å². The molecular weight excluding hydrogens is 403 g/mol. The van der Waals surface area contributed by atoms with Gasteiger partial charge in [-0.05, 0) is 47.2 Å². The highest BCUT2D eigenvalue weighted by molar-refractivity contribution is 14.1. The average molecular weight is 422 g/mol. The maximum Gasteiger partial charge on any atom is 0.252 e. The molecule has 0 saturated heterocycles. The first-order valence-corrected chi connectivity index (χ1v) is 8.54. The van der Waals surface area contributed by atoms with Gasteiger partial charge in [-0.15, -0.1) is 0 Å². The van der Waals surface area contributed by atoms with E-state index in [-0.39, 0.29) is 18.4 Å². The molecule has 0 unspecified atom stereocenters. The highest BCUT2D eigenvalue weighted by atomic mass is 127. The second-order valence-corrected chi connectivity index (χ2v) is 6.22. The van der Waals surface area contributed by atoms with Crippen molar-refractivity contribution in [3.8, 4) is 0 Å². The van der Waals surface area contributed by atoms with Gasteiger partial charge in [-0.1, -0.05) is 42.5 Å². The molecular formula is C18H19IN2O2. The zero-order chi connectivity index (χ0) is 16.7. The molecule has 0 aliphatic carbocycles. The lowest BCUT2D eigenvalue weighted by atomic mass is 10.2. The third-order valence-corrected chi connectivity index (χ3v) is 4.41. The summed E-state index contributed by atoms with van der Waals surface area (Å²) >= 11 is 2.11. The van der Waals surface area contributed by atoms with Gasteiger partial charge >= 0.3 is 0 Å². The molecule has 2 amide bonds. The number of benzene rings is 2. The van der Waals surface area contributed by atoms with Crippen LogP contribution >= 0.6 is 22.6 Å². The van der Waals surface area contributed by atoms with Crippen LogP contribution in [-0.2, 0) is 11.3 Å². The zero-order valence-electron chi connectivity index (χ0n) is 13.0. The van der Waals surface area contributed by atoms with Crippen LogP contribution in [0, 0.1) is 3.57 Å². The van der Waals surface area contributed by atoms with Crippen LogP contribution in [0.25, 0.3) is 0 Å². The van der Waals surface area contributed by atoms with Crippen molar-refractivity contribution >= 4 is 34.4 Å². The van der Waals surface area contributed by atoms with E-state index >= 15 is 0 Å². The summed E-state index contributed by atoms with van der Waals surface area (Å²) < 4.78 is 0.867. The van der Waals surface area contributed by atoms with Crippen molar-refractivity contribution in [2.75, 3.05) is 13.1 Å². The molecule has 120 valence electrons. The summed E-state index contributed by atoms with van der Waals surface area (Å²) in [6, 6.07) is 17.1. The van der Waals surface area contributed by atoms with E-state index < -0.39 is 0 Å². The summed E-state index contributed by atoms with van der Waals surface area (Å²) in [4.78, 5) is 26.2. The summed E-state index contributed by atoms with van der Waals surface area (Å²) in [6.45, 7) is 3.09. The Morgan fingerprint density at radius 1 is 1.04 bits per heavy atom. The normalized spacial score (nSPS) is 10.2. The first kappa shape index (κ1) is 17.5. The number of likely N-dealkylation sites (N-methyl/N-ethyl adjacent to an activating group) is 1. The van der Waals surface area contributed by atoms with Crippen molar-refractivity contribution in [2.45, 2.75) is 13.5 Å². The Balaban J connectivity index is 1.92. The molecule has 0 fully saturated rings. The molecule has 0 aliphatic rings. The van der Waals surface area contributed by atoms with E-state index in [0.29, 0.717) is 18.7 Å². The Hall–Kier alpha value is -1.89. The van der Waals surface area contributed by atoms with Crippen LogP contribution in [0.1, 0.15) is 22.8 Å². The number of amides is 2. The number of carbonyl (C=O) groups is 2. The molecule has 23 heavy (non-hydrogen) atoms. The number of carbonyl (C=O) groups excluding carboxylic acids is 2. The van der Waals surface area contributed by atoms with Gasteiger partial charge in [0.25, 0.3) is 5.91 Å². The van der Waals surface area contributed by atoms with E-state index in [1.54, 1.807) is 11.0 Å². The highest BCUT2D eigenvalue weighted by Gasteiger charge is 2.15. The molecule has 5 heteroatoms.